The van der Waals surface area contributed by atoms with E-state index in [1.54, 1.807) is 24.4 Å². The van der Waals surface area contributed by atoms with Gasteiger partial charge in [-0.05, 0) is 12.1 Å². The van der Waals surface area contributed by atoms with Crippen LogP contribution in [0.4, 0.5) is 16.4 Å². The summed E-state index contributed by atoms with van der Waals surface area (Å²) in [6, 6.07) is 6.42. The average molecular weight is 288 g/mol. The Balaban J connectivity index is 2.22. The molecule has 2 aromatic rings. The van der Waals surface area contributed by atoms with E-state index >= 15 is 0 Å². The zero-order chi connectivity index (χ0) is 15.2. The van der Waals surface area contributed by atoms with Gasteiger partial charge in [0.2, 0.25) is 0 Å². The van der Waals surface area contributed by atoms with Crippen LogP contribution in [0.15, 0.2) is 36.7 Å². The maximum absolute atomic E-state index is 12.1. The molecular formula is C13H12N4O4. The monoisotopic (exact) mass is 288 g/mol. The summed E-state index contributed by atoms with van der Waals surface area (Å²) < 4.78 is 5.07. The quantitative estimate of drug-likeness (QED) is 0.791. The molecule has 8 nitrogen and oxygen atoms in total. The number of pyridine rings is 2. The van der Waals surface area contributed by atoms with Crippen LogP contribution in [-0.2, 0) is 0 Å². The third kappa shape index (κ3) is 3.66. The molecule has 0 radical (unpaired) electrons. The van der Waals surface area contributed by atoms with E-state index in [1.165, 1.54) is 19.4 Å². The minimum Gasteiger partial charge on any atom is -0.496 e. The molecular weight excluding hydrogens is 276 g/mol. The molecule has 21 heavy (non-hydrogen) atoms. The van der Waals surface area contributed by atoms with Gasteiger partial charge in [-0.3, -0.25) is 10.1 Å². The molecule has 2 amide bonds. The highest BCUT2D eigenvalue weighted by molar-refractivity contribution is 6.05. The molecule has 3 N–H and O–H groups in total. The summed E-state index contributed by atoms with van der Waals surface area (Å²) in [5, 5.41) is 13.3. The Labute approximate surface area is 119 Å². The minimum atomic E-state index is -1.25. The van der Waals surface area contributed by atoms with Gasteiger partial charge in [-0.15, -0.1) is 0 Å². The molecule has 108 valence electrons. The van der Waals surface area contributed by atoms with Gasteiger partial charge in [-0.1, -0.05) is 6.07 Å². The molecule has 0 bridgehead atoms. The van der Waals surface area contributed by atoms with E-state index in [1.807, 2.05) is 0 Å². The van der Waals surface area contributed by atoms with E-state index in [-0.39, 0.29) is 17.1 Å². The van der Waals surface area contributed by atoms with Gasteiger partial charge in [0, 0.05) is 18.5 Å². The first-order valence-corrected chi connectivity index (χ1v) is 5.86. The van der Waals surface area contributed by atoms with Crippen molar-refractivity contribution in [2.24, 2.45) is 0 Å². The number of anilines is 2. The molecule has 0 saturated heterocycles. The lowest BCUT2D eigenvalue weighted by Gasteiger charge is -2.10. The van der Waals surface area contributed by atoms with Crippen LogP contribution < -0.4 is 15.4 Å². The van der Waals surface area contributed by atoms with Crippen LogP contribution in [-0.4, -0.2) is 34.2 Å². The lowest BCUT2D eigenvalue weighted by atomic mass is 10.2. The highest BCUT2D eigenvalue weighted by atomic mass is 16.5. The largest absolute Gasteiger partial charge is 0.496 e. The predicted molar refractivity (Wildman–Crippen MR) is 74.6 cm³/mol. The van der Waals surface area contributed by atoms with Crippen LogP contribution in [0.1, 0.15) is 10.4 Å². The SMILES string of the molecule is COc1cc(NC(=O)O)ncc1C(=O)Nc1ccccn1. The first kappa shape index (κ1) is 14.3. The Morgan fingerprint density at radius 3 is 2.62 bits per heavy atom. The Bertz CT molecular complexity index is 660. The summed E-state index contributed by atoms with van der Waals surface area (Å²) in [7, 11) is 1.37. The molecule has 0 spiro atoms. The number of aromatic nitrogens is 2. The van der Waals surface area contributed by atoms with Crippen molar-refractivity contribution in [3.8, 4) is 5.75 Å². The molecule has 0 unspecified atom stereocenters. The number of ether oxygens (including phenoxy) is 1. The van der Waals surface area contributed by atoms with Gasteiger partial charge in [0.15, 0.2) is 0 Å². The minimum absolute atomic E-state index is 0.0636. The Hall–Kier alpha value is -3.16. The summed E-state index contributed by atoms with van der Waals surface area (Å²) in [5.74, 6) is 0.188. The lowest BCUT2D eigenvalue weighted by Crippen LogP contribution is -2.15. The fourth-order valence-electron chi connectivity index (χ4n) is 1.57. The molecule has 8 heteroatoms. The molecule has 0 aliphatic carbocycles. The Morgan fingerprint density at radius 2 is 2.00 bits per heavy atom. The van der Waals surface area contributed by atoms with Crippen LogP contribution >= 0.6 is 0 Å². The van der Waals surface area contributed by atoms with Crippen LogP contribution in [0.5, 0.6) is 5.75 Å². The fraction of sp³-hybridized carbons (Fsp3) is 0.0769. The number of methoxy groups -OCH3 is 1. The zero-order valence-electron chi connectivity index (χ0n) is 11.0. The van der Waals surface area contributed by atoms with E-state index in [0.717, 1.165) is 0 Å². The fourth-order valence-corrected chi connectivity index (χ4v) is 1.57. The van der Waals surface area contributed by atoms with Crippen molar-refractivity contribution >= 4 is 23.6 Å². The standard InChI is InChI=1S/C13H12N4O4/c1-21-9-6-11(17-13(19)20)15-7-8(9)12(18)16-10-4-2-3-5-14-10/h2-7H,1H3,(H,15,17)(H,19,20)(H,14,16,18). The number of amides is 2. The van der Waals surface area contributed by atoms with Crippen molar-refractivity contribution < 1.29 is 19.4 Å². The van der Waals surface area contributed by atoms with E-state index in [2.05, 4.69) is 20.6 Å². The Kier molecular flexibility index (Phi) is 4.30. The summed E-state index contributed by atoms with van der Waals surface area (Å²) in [4.78, 5) is 30.5. The summed E-state index contributed by atoms with van der Waals surface area (Å²) in [6.07, 6.45) is 1.52. The number of hydrogen-bond donors (Lipinski definition) is 3. The van der Waals surface area contributed by atoms with E-state index in [0.29, 0.717) is 5.82 Å². The van der Waals surface area contributed by atoms with Crippen molar-refractivity contribution in [3.63, 3.8) is 0 Å². The number of nitrogens with one attached hydrogen (secondary N) is 2. The van der Waals surface area contributed by atoms with Crippen molar-refractivity contribution in [1.82, 2.24) is 9.97 Å². The molecule has 0 aliphatic heterocycles. The summed E-state index contributed by atoms with van der Waals surface area (Å²) >= 11 is 0. The summed E-state index contributed by atoms with van der Waals surface area (Å²) in [5.41, 5.74) is 0.166. The number of hydrogen-bond acceptors (Lipinski definition) is 5. The molecule has 0 aliphatic rings. The van der Waals surface area contributed by atoms with Gasteiger partial charge in [0.05, 0.1) is 7.11 Å². The number of carbonyl (C=O) groups is 2. The average Bonchev–Trinajstić information content (AvgIpc) is 2.47. The number of nitrogens with zero attached hydrogens (tertiary/aromatic N) is 2. The first-order chi connectivity index (χ1) is 10.1. The lowest BCUT2D eigenvalue weighted by molar-refractivity contribution is 0.102. The maximum Gasteiger partial charge on any atom is 0.410 e. The van der Waals surface area contributed by atoms with E-state index in [4.69, 9.17) is 9.84 Å². The Morgan fingerprint density at radius 1 is 1.19 bits per heavy atom. The van der Waals surface area contributed by atoms with Gasteiger partial charge in [-0.2, -0.15) is 0 Å². The van der Waals surface area contributed by atoms with Crippen molar-refractivity contribution in [1.29, 1.82) is 0 Å². The molecule has 2 rings (SSSR count). The molecule has 0 aromatic carbocycles. The van der Waals surface area contributed by atoms with Crippen LogP contribution in [0.2, 0.25) is 0 Å². The number of carbonyl (C=O) groups excluding carboxylic acids is 1. The topological polar surface area (TPSA) is 113 Å². The van der Waals surface area contributed by atoms with Crippen LogP contribution in [0, 0.1) is 0 Å². The van der Waals surface area contributed by atoms with Crippen molar-refractivity contribution in [3.05, 3.63) is 42.2 Å². The molecule has 0 atom stereocenters. The van der Waals surface area contributed by atoms with E-state index < -0.39 is 12.0 Å². The van der Waals surface area contributed by atoms with Gasteiger partial charge < -0.3 is 15.2 Å². The molecule has 2 heterocycles. The van der Waals surface area contributed by atoms with E-state index in [9.17, 15) is 9.59 Å². The van der Waals surface area contributed by atoms with Gasteiger partial charge in [0.25, 0.3) is 5.91 Å². The smallest absolute Gasteiger partial charge is 0.410 e. The molecule has 0 fully saturated rings. The van der Waals surface area contributed by atoms with Crippen LogP contribution in [0.3, 0.4) is 0 Å². The number of carboxylic acid groups (broad SMARTS) is 1. The molecule has 2 aromatic heterocycles. The van der Waals surface area contributed by atoms with Gasteiger partial charge >= 0.3 is 6.09 Å². The second kappa shape index (κ2) is 6.33. The maximum atomic E-state index is 12.1. The third-order valence-corrected chi connectivity index (χ3v) is 2.47. The third-order valence-electron chi connectivity index (χ3n) is 2.47. The van der Waals surface area contributed by atoms with Crippen molar-refractivity contribution in [2.45, 2.75) is 0 Å². The van der Waals surface area contributed by atoms with Crippen molar-refractivity contribution in [2.75, 3.05) is 17.7 Å². The predicted octanol–water partition coefficient (Wildman–Crippen LogP) is 1.83. The molecule has 0 saturated carbocycles. The second-order valence-corrected chi connectivity index (χ2v) is 3.87. The summed E-state index contributed by atoms with van der Waals surface area (Å²) in [6.45, 7) is 0. The van der Waals surface area contributed by atoms with Gasteiger partial charge in [-0.25, -0.2) is 14.8 Å². The first-order valence-electron chi connectivity index (χ1n) is 5.86. The van der Waals surface area contributed by atoms with Crippen LogP contribution in [0.25, 0.3) is 0 Å². The number of rotatable bonds is 4. The highest BCUT2D eigenvalue weighted by Crippen LogP contribution is 2.21. The normalized spacial score (nSPS) is 9.76. The second-order valence-electron chi connectivity index (χ2n) is 3.87. The highest BCUT2D eigenvalue weighted by Gasteiger charge is 2.15. The zero-order valence-corrected chi connectivity index (χ0v) is 11.0. The van der Waals surface area contributed by atoms with Gasteiger partial charge in [0.1, 0.15) is 22.9 Å².